The molecule has 1 saturated carbocycles. The lowest BCUT2D eigenvalue weighted by Crippen LogP contribution is -2.46. The first-order chi connectivity index (χ1) is 13.7. The average molecular weight is 412 g/mol. The molecule has 1 fully saturated rings. The van der Waals surface area contributed by atoms with Crippen molar-refractivity contribution in [2.45, 2.75) is 43.9 Å². The van der Waals surface area contributed by atoms with Gasteiger partial charge in [0, 0.05) is 25.4 Å². The molecule has 1 aliphatic rings. The fourth-order valence-corrected chi connectivity index (χ4v) is 3.55. The second-order valence-electron chi connectivity index (χ2n) is 7.19. The summed E-state index contributed by atoms with van der Waals surface area (Å²) in [5.74, 6) is -0.152. The van der Waals surface area contributed by atoms with Crippen LogP contribution in [0.15, 0.2) is 48.5 Å². The van der Waals surface area contributed by atoms with Gasteiger partial charge in [-0.25, -0.2) is 0 Å². The van der Waals surface area contributed by atoms with Crippen molar-refractivity contribution in [3.63, 3.8) is 0 Å². The van der Waals surface area contributed by atoms with Gasteiger partial charge in [-0.1, -0.05) is 30.3 Å². The molecule has 0 aromatic heterocycles. The minimum absolute atomic E-state index is 0.244. The van der Waals surface area contributed by atoms with E-state index in [-0.39, 0.29) is 24.9 Å². The molecule has 5 nitrogen and oxygen atoms in total. The molecule has 0 spiro atoms. The lowest BCUT2D eigenvalue weighted by molar-refractivity contribution is -0.274. The zero-order valence-corrected chi connectivity index (χ0v) is 15.5. The number of hydrogen-bond donors (Lipinski definition) is 3. The van der Waals surface area contributed by atoms with Gasteiger partial charge in [-0.2, -0.15) is 0 Å². The summed E-state index contributed by atoms with van der Waals surface area (Å²) in [5.41, 5.74) is 1.61. The van der Waals surface area contributed by atoms with Crippen LogP contribution in [0.3, 0.4) is 0 Å². The Morgan fingerprint density at radius 1 is 0.966 bits per heavy atom. The number of benzene rings is 2. The van der Waals surface area contributed by atoms with Crippen molar-refractivity contribution in [1.29, 1.82) is 0 Å². The highest BCUT2D eigenvalue weighted by Crippen LogP contribution is 2.31. The Labute approximate surface area is 166 Å². The third-order valence-corrected chi connectivity index (χ3v) is 5.00. The van der Waals surface area contributed by atoms with Crippen molar-refractivity contribution in [2.75, 3.05) is 6.61 Å². The number of para-hydroxylation sites is 1. The average Bonchev–Trinajstić information content (AvgIpc) is 2.66. The van der Waals surface area contributed by atoms with Gasteiger partial charge in [-0.15, -0.1) is 13.2 Å². The highest BCUT2D eigenvalue weighted by atomic mass is 19.4. The molecule has 3 rings (SSSR count). The minimum Gasteiger partial charge on any atom is -0.490 e. The molecule has 0 amide bonds. The summed E-state index contributed by atoms with van der Waals surface area (Å²) in [6.07, 6.45) is -5.96. The number of aliphatic hydroxyl groups is 3. The van der Waals surface area contributed by atoms with Crippen LogP contribution in [0.1, 0.15) is 24.0 Å². The summed E-state index contributed by atoms with van der Waals surface area (Å²) in [7, 11) is 0. The Morgan fingerprint density at radius 3 is 2.31 bits per heavy atom. The van der Waals surface area contributed by atoms with E-state index in [4.69, 9.17) is 4.74 Å². The zero-order chi connectivity index (χ0) is 21.0. The van der Waals surface area contributed by atoms with E-state index in [0.717, 1.165) is 11.1 Å². The highest BCUT2D eigenvalue weighted by molar-refractivity contribution is 5.39. The van der Waals surface area contributed by atoms with Crippen LogP contribution < -0.4 is 9.47 Å². The van der Waals surface area contributed by atoms with Crippen molar-refractivity contribution in [2.24, 2.45) is 5.92 Å². The molecule has 29 heavy (non-hydrogen) atoms. The molecule has 0 unspecified atom stereocenters. The number of alkyl halides is 3. The van der Waals surface area contributed by atoms with E-state index >= 15 is 0 Å². The van der Waals surface area contributed by atoms with Crippen LogP contribution in [0, 0.1) is 5.92 Å². The quantitative estimate of drug-likeness (QED) is 0.680. The maximum absolute atomic E-state index is 12.3. The third kappa shape index (κ3) is 5.85. The van der Waals surface area contributed by atoms with Crippen LogP contribution in [0.25, 0.3) is 0 Å². The molecule has 3 N–H and O–H groups in total. The van der Waals surface area contributed by atoms with Crippen molar-refractivity contribution >= 4 is 0 Å². The Morgan fingerprint density at radius 2 is 1.66 bits per heavy atom. The third-order valence-electron chi connectivity index (χ3n) is 5.00. The van der Waals surface area contributed by atoms with E-state index in [1.54, 1.807) is 24.3 Å². The summed E-state index contributed by atoms with van der Waals surface area (Å²) < 4.78 is 46.8. The Balaban J connectivity index is 1.69. The highest BCUT2D eigenvalue weighted by Gasteiger charge is 2.36. The zero-order valence-electron chi connectivity index (χ0n) is 15.5. The fraction of sp³-hybridized carbons (Fsp3) is 0.429. The maximum atomic E-state index is 12.3. The maximum Gasteiger partial charge on any atom is 0.573 e. The van der Waals surface area contributed by atoms with E-state index in [1.165, 1.54) is 12.1 Å². The van der Waals surface area contributed by atoms with Crippen molar-refractivity contribution < 1.29 is 38.0 Å². The molecule has 0 bridgehead atoms. The van der Waals surface area contributed by atoms with Gasteiger partial charge in [-0.3, -0.25) is 0 Å². The number of halogens is 3. The first kappa shape index (κ1) is 21.4. The summed E-state index contributed by atoms with van der Waals surface area (Å²) >= 11 is 0. The van der Waals surface area contributed by atoms with Crippen LogP contribution in [0.5, 0.6) is 11.5 Å². The van der Waals surface area contributed by atoms with Gasteiger partial charge in [0.15, 0.2) is 0 Å². The molecular weight excluding hydrogens is 389 g/mol. The van der Waals surface area contributed by atoms with Gasteiger partial charge in [0.2, 0.25) is 0 Å². The molecule has 2 aromatic carbocycles. The Hall–Kier alpha value is -2.29. The van der Waals surface area contributed by atoms with Crippen LogP contribution in [-0.4, -0.2) is 46.6 Å². The van der Waals surface area contributed by atoms with Crippen molar-refractivity contribution in [3.8, 4) is 11.5 Å². The summed E-state index contributed by atoms with van der Waals surface area (Å²) in [5, 5.41) is 29.3. The number of rotatable bonds is 6. The van der Waals surface area contributed by atoms with E-state index < -0.39 is 24.5 Å². The molecule has 0 saturated heterocycles. The summed E-state index contributed by atoms with van der Waals surface area (Å²) in [4.78, 5) is 0. The van der Waals surface area contributed by atoms with Gasteiger partial charge in [-0.05, 0) is 35.7 Å². The molecule has 158 valence electrons. The second kappa shape index (κ2) is 9.02. The van der Waals surface area contributed by atoms with Crippen LogP contribution in [0.2, 0.25) is 0 Å². The summed E-state index contributed by atoms with van der Waals surface area (Å²) in [6, 6.07) is 12.9. The first-order valence-corrected chi connectivity index (χ1v) is 9.31. The van der Waals surface area contributed by atoms with Gasteiger partial charge in [0.1, 0.15) is 17.6 Å². The number of hydrogen-bond acceptors (Lipinski definition) is 5. The topological polar surface area (TPSA) is 79.2 Å². The van der Waals surface area contributed by atoms with Gasteiger partial charge in [0.25, 0.3) is 0 Å². The molecule has 2 aromatic rings. The molecule has 0 radical (unpaired) electrons. The van der Waals surface area contributed by atoms with Crippen molar-refractivity contribution in [3.05, 3.63) is 59.7 Å². The van der Waals surface area contributed by atoms with Gasteiger partial charge >= 0.3 is 6.36 Å². The largest absolute Gasteiger partial charge is 0.573 e. The van der Waals surface area contributed by atoms with Gasteiger partial charge in [0.05, 0.1) is 12.2 Å². The standard InChI is InChI=1S/C21H23F3O5/c22-21(23,24)29-16-7-5-13(6-8-16)9-14-3-1-2-4-19(14)28-17-10-15(12-25)20(27)18(26)11-17/h1-8,15,17-18,20,25-27H,9-12H2/t15-,17-,18-,20-/m1/s1. The fourth-order valence-electron chi connectivity index (χ4n) is 3.55. The monoisotopic (exact) mass is 412 g/mol. The first-order valence-electron chi connectivity index (χ1n) is 9.31. The van der Waals surface area contributed by atoms with E-state index in [1.807, 2.05) is 12.1 Å². The SMILES string of the molecule is OC[C@H]1C[C@@H](Oc2ccccc2Cc2ccc(OC(F)(F)F)cc2)C[C@@H](O)[C@@H]1O. The molecular formula is C21H23F3O5. The van der Waals surface area contributed by atoms with E-state index in [0.29, 0.717) is 18.6 Å². The normalized spacial score (nSPS) is 24.9. The summed E-state index contributed by atoms with van der Waals surface area (Å²) in [6.45, 7) is -0.244. The number of ether oxygens (including phenoxy) is 2. The molecule has 0 heterocycles. The molecule has 0 aliphatic heterocycles. The Bertz CT molecular complexity index is 794. The second-order valence-corrected chi connectivity index (χ2v) is 7.19. The predicted octanol–water partition coefficient (Wildman–Crippen LogP) is 3.05. The molecule has 1 aliphatic carbocycles. The van der Waals surface area contributed by atoms with Gasteiger partial charge < -0.3 is 24.8 Å². The van der Waals surface area contributed by atoms with E-state index in [9.17, 15) is 28.5 Å². The number of aliphatic hydroxyl groups excluding tert-OH is 3. The van der Waals surface area contributed by atoms with Crippen LogP contribution in [0.4, 0.5) is 13.2 Å². The molecule has 4 atom stereocenters. The smallest absolute Gasteiger partial charge is 0.490 e. The van der Waals surface area contributed by atoms with Crippen LogP contribution in [-0.2, 0) is 6.42 Å². The Kier molecular flexibility index (Phi) is 6.66. The lowest BCUT2D eigenvalue weighted by atomic mass is 9.83. The molecule has 8 heteroatoms. The minimum atomic E-state index is -4.73. The van der Waals surface area contributed by atoms with Crippen molar-refractivity contribution in [1.82, 2.24) is 0 Å². The predicted molar refractivity (Wildman–Crippen MR) is 98.6 cm³/mol. The van der Waals surface area contributed by atoms with Crippen LogP contribution >= 0.6 is 0 Å². The van der Waals surface area contributed by atoms with E-state index in [2.05, 4.69) is 4.74 Å². The lowest BCUT2D eigenvalue weighted by Gasteiger charge is -2.36.